The van der Waals surface area contributed by atoms with Gasteiger partial charge in [0.15, 0.2) is 0 Å². The Labute approximate surface area is 196 Å². The van der Waals surface area contributed by atoms with Crippen molar-refractivity contribution in [2.45, 2.75) is 40.4 Å². The predicted molar refractivity (Wildman–Crippen MR) is 105 cm³/mol. The Bertz CT molecular complexity index is 1030. The molecule has 1 aromatic heterocycles. The van der Waals surface area contributed by atoms with Crippen molar-refractivity contribution in [2.75, 3.05) is 13.1 Å². The Morgan fingerprint density at radius 1 is 1.23 bits per heavy atom. The molecule has 0 spiro atoms. The van der Waals surface area contributed by atoms with E-state index in [-0.39, 0.29) is 24.0 Å². The Hall–Kier alpha value is -2.28. The van der Waals surface area contributed by atoms with E-state index in [0.717, 1.165) is 34.2 Å². The van der Waals surface area contributed by atoms with Crippen molar-refractivity contribution in [3.05, 3.63) is 58.8 Å². The number of carbonyl (C=O) groups is 1. The summed E-state index contributed by atoms with van der Waals surface area (Å²) in [6, 6.07) is 15.7. The van der Waals surface area contributed by atoms with Crippen LogP contribution in [0.2, 0.25) is 2.73 Å². The minimum absolute atomic E-state index is 0.127. The van der Waals surface area contributed by atoms with E-state index < -0.39 is 5.41 Å². The van der Waals surface area contributed by atoms with Gasteiger partial charge in [0.2, 0.25) is 0 Å². The molecule has 1 aromatic carbocycles. The van der Waals surface area contributed by atoms with Gasteiger partial charge in [-0.1, -0.05) is 30.3 Å². The molecule has 0 unspecified atom stereocenters. The number of pyridine rings is 1. The van der Waals surface area contributed by atoms with E-state index >= 15 is 0 Å². The monoisotopic (exact) mass is 474 g/mol. The maximum absolute atomic E-state index is 13.3. The van der Waals surface area contributed by atoms with E-state index in [1.54, 1.807) is 6.07 Å². The summed E-state index contributed by atoms with van der Waals surface area (Å²) in [6.07, 6.45) is 3.37. The van der Waals surface area contributed by atoms with E-state index in [2.05, 4.69) is 17.1 Å². The van der Waals surface area contributed by atoms with E-state index in [1.165, 1.54) is 31.0 Å². The Morgan fingerprint density at radius 3 is 2.53 bits per heavy atom. The number of hydrogen-bond acceptors (Lipinski definition) is 5. The van der Waals surface area contributed by atoms with Crippen LogP contribution in [-0.4, -0.2) is 28.9 Å². The smallest absolute Gasteiger partial charge is 0.0622 e. The molecule has 2 aliphatic rings. The summed E-state index contributed by atoms with van der Waals surface area (Å²) in [5.41, 5.74) is 1.27. The molecule has 30 heavy (non-hydrogen) atoms. The summed E-state index contributed by atoms with van der Waals surface area (Å²) in [7, 11) is 0. The van der Waals surface area contributed by atoms with Crippen LogP contribution in [0.25, 0.3) is 0 Å². The molecule has 7 heteroatoms. The fourth-order valence-electron chi connectivity index (χ4n) is 3.74. The molecule has 2 heterocycles. The molecule has 0 N–H and O–H groups in total. The second-order valence-electron chi connectivity index (χ2n) is 7.95. The fraction of sp³-hybridized carbons (Fsp3) is 0.391. The number of rotatable bonds is 5. The molecular weight excluding hydrogens is 453 g/mol. The zero-order chi connectivity index (χ0) is 21.1. The average molecular weight is 474 g/mol. The van der Waals surface area contributed by atoms with Gasteiger partial charge in [-0.25, -0.2) is 0 Å². The van der Waals surface area contributed by atoms with Gasteiger partial charge in [-0.3, -0.25) is 0 Å². The van der Waals surface area contributed by atoms with Crippen LogP contribution < -0.4 is 4.74 Å². The molecule has 2 aromatic rings. The van der Waals surface area contributed by atoms with Crippen LogP contribution in [0.5, 0.6) is 5.88 Å². The zero-order valence-corrected chi connectivity index (χ0v) is 19.5. The molecule has 4 rings (SSSR count). The Balaban J connectivity index is 1.68. The van der Waals surface area contributed by atoms with Crippen molar-refractivity contribution in [3.63, 3.8) is 0 Å². The summed E-state index contributed by atoms with van der Waals surface area (Å²) in [5.74, 6) is 0.0601. The number of amides is 1. The standard InChI is InChI=1S/C23H21N4O2.Y/c24-14-18-13-19(22(28)27-11-5-2-6-12-27)20(23(16-25)9-10-23)26-21(18)29-15-17-7-3-1-4-8-17;/h1-4,7-8,13H,5-6,9-12,15H2;. The van der Waals surface area contributed by atoms with E-state index in [9.17, 15) is 15.3 Å². The van der Waals surface area contributed by atoms with Gasteiger partial charge in [0, 0.05) is 0 Å². The number of ether oxygens (including phenoxy) is 1. The van der Waals surface area contributed by atoms with Gasteiger partial charge in [-0.15, -0.1) is 0 Å². The summed E-state index contributed by atoms with van der Waals surface area (Å²) in [6.45, 7) is 1.71. The van der Waals surface area contributed by atoms with Crippen molar-refractivity contribution in [3.8, 4) is 18.0 Å². The molecule has 2 fully saturated rings. The fourth-order valence-corrected chi connectivity index (χ4v) is 4.47. The molecule has 0 bridgehead atoms. The van der Waals surface area contributed by atoms with E-state index in [0.29, 0.717) is 24.1 Å². The molecule has 1 amide bonds. The van der Waals surface area contributed by atoms with Crippen molar-refractivity contribution in [2.24, 2.45) is 0 Å². The van der Waals surface area contributed by atoms with Crippen LogP contribution in [0.1, 0.15) is 52.9 Å². The van der Waals surface area contributed by atoms with Crippen LogP contribution in [0, 0.1) is 22.7 Å². The number of nitrogens with zero attached hydrogens (tertiary/aromatic N) is 4. The van der Waals surface area contributed by atoms with Gasteiger partial charge >= 0.3 is 167 Å². The van der Waals surface area contributed by atoms with E-state index in [4.69, 9.17) is 4.74 Å². The number of likely N-dealkylation sites (tertiary alicyclic amines) is 1. The first kappa shape index (κ1) is 21.0. The quantitative estimate of drug-likeness (QED) is 0.660. The zero-order valence-electron chi connectivity index (χ0n) is 16.7. The summed E-state index contributed by atoms with van der Waals surface area (Å²) < 4.78 is 6.58. The number of nitriles is 2. The molecule has 1 saturated heterocycles. The first-order valence-electron chi connectivity index (χ1n) is 10.1. The van der Waals surface area contributed by atoms with Crippen LogP contribution in [0.15, 0.2) is 36.4 Å². The van der Waals surface area contributed by atoms with Crippen molar-refractivity contribution < 1.29 is 40.5 Å². The molecule has 0 atom stereocenters. The first-order valence-corrected chi connectivity index (χ1v) is 11.8. The minimum atomic E-state index is -0.751. The van der Waals surface area contributed by atoms with Gasteiger partial charge in [-0.2, -0.15) is 0 Å². The number of aromatic nitrogens is 1. The second-order valence-corrected chi connectivity index (χ2v) is 10.3. The van der Waals surface area contributed by atoms with Gasteiger partial charge in [-0.05, 0) is 0 Å². The molecule has 6 nitrogen and oxygen atoms in total. The topological polar surface area (TPSA) is 90.0 Å². The number of carbonyl (C=O) groups excluding carboxylic acids is 1. The maximum atomic E-state index is 13.3. The van der Waals surface area contributed by atoms with Gasteiger partial charge in [0.1, 0.15) is 0 Å². The summed E-state index contributed by atoms with van der Waals surface area (Å²) in [5, 5.41) is 19.4. The Morgan fingerprint density at radius 2 is 1.93 bits per heavy atom. The third kappa shape index (κ3) is 4.26. The summed E-state index contributed by atoms with van der Waals surface area (Å²) >= 11 is 1.21. The molecule has 0 radical (unpaired) electrons. The van der Waals surface area contributed by atoms with Gasteiger partial charge < -0.3 is 0 Å². The average Bonchev–Trinajstić information content (AvgIpc) is 3.59. The number of piperidine rings is 1. The Kier molecular flexibility index (Phi) is 6.18. The molecule has 1 aliphatic carbocycles. The summed E-state index contributed by atoms with van der Waals surface area (Å²) in [4.78, 5) is 19.7. The third-order valence-corrected chi connectivity index (χ3v) is 7.44. The number of benzene rings is 1. The van der Waals surface area contributed by atoms with E-state index in [1.807, 2.05) is 35.2 Å². The van der Waals surface area contributed by atoms with Crippen LogP contribution in [-0.2, 0) is 43.0 Å². The first-order chi connectivity index (χ1) is 14.6. The van der Waals surface area contributed by atoms with Gasteiger partial charge in [0.05, 0.1) is 0 Å². The molecule has 1 aliphatic heterocycles. The molecular formula is C23H21N4O2Y. The third-order valence-electron chi connectivity index (χ3n) is 5.80. The minimum Gasteiger partial charge on any atom is -0.0622 e. The van der Waals surface area contributed by atoms with Crippen molar-refractivity contribution in [1.29, 1.82) is 10.5 Å². The van der Waals surface area contributed by atoms with Crippen LogP contribution in [0.4, 0.5) is 0 Å². The normalized spacial score (nSPS) is 17.6. The van der Waals surface area contributed by atoms with Crippen molar-refractivity contribution in [1.82, 2.24) is 9.88 Å². The van der Waals surface area contributed by atoms with Crippen molar-refractivity contribution >= 4 is 5.91 Å². The second kappa shape index (κ2) is 8.84. The van der Waals surface area contributed by atoms with Gasteiger partial charge in [0.25, 0.3) is 0 Å². The predicted octanol–water partition coefficient (Wildman–Crippen LogP) is 3.66. The van der Waals surface area contributed by atoms with Crippen LogP contribution in [0.3, 0.4) is 0 Å². The van der Waals surface area contributed by atoms with Crippen LogP contribution >= 0.6 is 0 Å². The SMILES string of the molecule is N#Cc1cc(C(=O)N2CC[CH]([Y])CC2)c(C2(C#N)CC2)nc1OCc1ccccc1. The molecule has 1 saturated carbocycles. The number of hydrogen-bond donors (Lipinski definition) is 0. The molecule has 148 valence electrons.